The van der Waals surface area contributed by atoms with Crippen LogP contribution in [0.2, 0.25) is 0 Å². The minimum atomic E-state index is -0.206. The molecule has 0 radical (unpaired) electrons. The number of benzene rings is 2. The first-order chi connectivity index (χ1) is 10.3. The van der Waals surface area contributed by atoms with E-state index in [-0.39, 0.29) is 5.60 Å². The second-order valence-electron chi connectivity index (χ2n) is 6.14. The first-order valence-corrected chi connectivity index (χ1v) is 7.68. The first kappa shape index (κ1) is 12.6. The first-order valence-electron chi connectivity index (χ1n) is 7.68. The van der Waals surface area contributed by atoms with E-state index in [4.69, 9.17) is 4.84 Å². The van der Waals surface area contributed by atoms with Crippen molar-refractivity contribution >= 4 is 5.71 Å². The lowest BCUT2D eigenvalue weighted by Gasteiger charge is -2.34. The molecule has 0 saturated heterocycles. The van der Waals surface area contributed by atoms with Crippen LogP contribution in [0.15, 0.2) is 53.7 Å². The Labute approximate surface area is 125 Å². The molecule has 0 unspecified atom stereocenters. The van der Waals surface area contributed by atoms with E-state index in [0.29, 0.717) is 0 Å². The van der Waals surface area contributed by atoms with E-state index in [0.717, 1.165) is 25.0 Å². The average molecular weight is 277 g/mol. The van der Waals surface area contributed by atoms with Crippen LogP contribution in [0.1, 0.15) is 37.3 Å². The van der Waals surface area contributed by atoms with Crippen molar-refractivity contribution in [1.29, 1.82) is 0 Å². The zero-order valence-electron chi connectivity index (χ0n) is 12.3. The smallest absolute Gasteiger partial charge is 0.168 e. The average Bonchev–Trinajstić information content (AvgIpc) is 2.90. The van der Waals surface area contributed by atoms with Crippen molar-refractivity contribution in [3.63, 3.8) is 0 Å². The standard InChI is InChI=1S/C19H19NO/c1-14-13-19(21-20-14)12-6-10-17-16(9-5-11-18(17)19)15-7-3-2-4-8-15/h2-5,7-9,11H,6,10,12-13H2,1H3/t19-/m1/s1. The maximum Gasteiger partial charge on any atom is 0.168 e. The summed E-state index contributed by atoms with van der Waals surface area (Å²) in [6.07, 6.45) is 4.29. The van der Waals surface area contributed by atoms with E-state index < -0.39 is 0 Å². The highest BCUT2D eigenvalue weighted by Crippen LogP contribution is 2.46. The van der Waals surface area contributed by atoms with Gasteiger partial charge in [-0.3, -0.25) is 0 Å². The summed E-state index contributed by atoms with van der Waals surface area (Å²) in [6, 6.07) is 17.3. The summed E-state index contributed by atoms with van der Waals surface area (Å²) >= 11 is 0. The molecule has 2 aromatic carbocycles. The van der Waals surface area contributed by atoms with Gasteiger partial charge in [-0.25, -0.2) is 0 Å². The lowest BCUT2D eigenvalue weighted by atomic mass is 9.74. The largest absolute Gasteiger partial charge is 0.384 e. The molecule has 1 aliphatic carbocycles. The number of oxime groups is 1. The number of hydrogen-bond donors (Lipinski definition) is 0. The van der Waals surface area contributed by atoms with Gasteiger partial charge in [0.25, 0.3) is 0 Å². The fourth-order valence-corrected chi connectivity index (χ4v) is 3.78. The molecule has 2 aromatic rings. The second kappa shape index (κ2) is 4.73. The lowest BCUT2D eigenvalue weighted by molar-refractivity contribution is -0.0362. The van der Waals surface area contributed by atoms with Crippen LogP contribution in [0.25, 0.3) is 11.1 Å². The fourth-order valence-electron chi connectivity index (χ4n) is 3.78. The topological polar surface area (TPSA) is 21.6 Å². The second-order valence-corrected chi connectivity index (χ2v) is 6.14. The lowest BCUT2D eigenvalue weighted by Crippen LogP contribution is -2.31. The van der Waals surface area contributed by atoms with Crippen molar-refractivity contribution in [3.8, 4) is 11.1 Å². The van der Waals surface area contributed by atoms with Crippen molar-refractivity contribution in [3.05, 3.63) is 59.7 Å². The molecule has 106 valence electrons. The van der Waals surface area contributed by atoms with Gasteiger partial charge in [0, 0.05) is 12.0 Å². The number of hydrogen-bond acceptors (Lipinski definition) is 2. The van der Waals surface area contributed by atoms with Crippen LogP contribution in [-0.4, -0.2) is 5.71 Å². The van der Waals surface area contributed by atoms with Gasteiger partial charge < -0.3 is 4.84 Å². The van der Waals surface area contributed by atoms with Gasteiger partial charge in [0.05, 0.1) is 5.71 Å². The Hall–Kier alpha value is -2.09. The molecule has 0 saturated carbocycles. The van der Waals surface area contributed by atoms with Crippen molar-refractivity contribution in [2.75, 3.05) is 0 Å². The van der Waals surface area contributed by atoms with E-state index in [1.54, 1.807) is 0 Å². The Kier molecular flexibility index (Phi) is 2.85. The summed E-state index contributed by atoms with van der Waals surface area (Å²) in [4.78, 5) is 5.90. The Morgan fingerprint density at radius 3 is 2.67 bits per heavy atom. The van der Waals surface area contributed by atoms with Crippen LogP contribution in [-0.2, 0) is 16.9 Å². The minimum absolute atomic E-state index is 0.206. The molecule has 0 bridgehead atoms. The van der Waals surface area contributed by atoms with Gasteiger partial charge in [-0.1, -0.05) is 53.7 Å². The third kappa shape index (κ3) is 1.98. The van der Waals surface area contributed by atoms with Crippen LogP contribution in [0.3, 0.4) is 0 Å². The zero-order valence-corrected chi connectivity index (χ0v) is 12.3. The summed E-state index contributed by atoms with van der Waals surface area (Å²) in [5.74, 6) is 0. The van der Waals surface area contributed by atoms with Gasteiger partial charge in [-0.15, -0.1) is 0 Å². The SMILES string of the molecule is CC1=NO[C@]2(CCCc3c(-c4ccccc4)cccc32)C1. The van der Waals surface area contributed by atoms with Crippen molar-refractivity contribution < 1.29 is 4.84 Å². The van der Waals surface area contributed by atoms with Crippen LogP contribution in [0, 0.1) is 0 Å². The Morgan fingerprint density at radius 1 is 1.05 bits per heavy atom. The number of fused-ring (bicyclic) bond motifs is 2. The Bertz CT molecular complexity index is 705. The maximum absolute atomic E-state index is 5.90. The fraction of sp³-hybridized carbons (Fsp3) is 0.316. The van der Waals surface area contributed by atoms with Crippen molar-refractivity contribution in [1.82, 2.24) is 0 Å². The molecular weight excluding hydrogens is 258 g/mol. The molecule has 2 nitrogen and oxygen atoms in total. The zero-order chi connectivity index (χ0) is 14.3. The predicted octanol–water partition coefficient (Wildman–Crippen LogP) is 4.68. The summed E-state index contributed by atoms with van der Waals surface area (Å²) in [5.41, 5.74) is 6.33. The van der Waals surface area contributed by atoms with E-state index in [1.165, 1.54) is 28.7 Å². The molecule has 2 heteroatoms. The highest BCUT2D eigenvalue weighted by Gasteiger charge is 2.43. The third-order valence-electron chi connectivity index (χ3n) is 4.68. The van der Waals surface area contributed by atoms with E-state index in [9.17, 15) is 0 Å². The molecule has 1 atom stereocenters. The molecule has 0 aromatic heterocycles. The van der Waals surface area contributed by atoms with Gasteiger partial charge in [0.1, 0.15) is 0 Å². The van der Waals surface area contributed by atoms with E-state index in [1.807, 2.05) is 0 Å². The molecular formula is C19H19NO. The Balaban J connectivity index is 1.86. The number of rotatable bonds is 1. The van der Waals surface area contributed by atoms with Gasteiger partial charge in [0.15, 0.2) is 5.60 Å². The highest BCUT2D eigenvalue weighted by molar-refractivity contribution is 5.84. The van der Waals surface area contributed by atoms with Crippen LogP contribution in [0.4, 0.5) is 0 Å². The number of nitrogens with zero attached hydrogens (tertiary/aromatic N) is 1. The summed E-state index contributed by atoms with van der Waals surface area (Å²) in [5, 5.41) is 4.23. The third-order valence-corrected chi connectivity index (χ3v) is 4.68. The molecule has 4 rings (SSSR count). The van der Waals surface area contributed by atoms with Crippen molar-refractivity contribution in [2.24, 2.45) is 5.16 Å². The summed E-state index contributed by atoms with van der Waals surface area (Å²) in [7, 11) is 0. The molecule has 2 aliphatic rings. The quantitative estimate of drug-likeness (QED) is 0.741. The minimum Gasteiger partial charge on any atom is -0.384 e. The molecule has 0 amide bonds. The monoisotopic (exact) mass is 277 g/mol. The van der Waals surface area contributed by atoms with E-state index >= 15 is 0 Å². The van der Waals surface area contributed by atoms with E-state index in [2.05, 4.69) is 60.6 Å². The molecule has 1 spiro atoms. The van der Waals surface area contributed by atoms with Gasteiger partial charge in [-0.2, -0.15) is 0 Å². The van der Waals surface area contributed by atoms with Crippen molar-refractivity contribution in [2.45, 2.75) is 38.2 Å². The molecule has 1 aliphatic heterocycles. The summed E-state index contributed by atoms with van der Waals surface area (Å²) < 4.78 is 0. The normalized spacial score (nSPS) is 23.6. The van der Waals surface area contributed by atoms with Gasteiger partial charge in [-0.05, 0) is 42.9 Å². The summed E-state index contributed by atoms with van der Waals surface area (Å²) in [6.45, 7) is 2.06. The molecule has 1 heterocycles. The molecule has 0 N–H and O–H groups in total. The molecule has 0 fully saturated rings. The van der Waals surface area contributed by atoms with Crippen LogP contribution < -0.4 is 0 Å². The van der Waals surface area contributed by atoms with Gasteiger partial charge in [0.2, 0.25) is 0 Å². The molecule has 21 heavy (non-hydrogen) atoms. The predicted molar refractivity (Wildman–Crippen MR) is 85.3 cm³/mol. The Morgan fingerprint density at radius 2 is 1.90 bits per heavy atom. The van der Waals surface area contributed by atoms with Gasteiger partial charge >= 0.3 is 0 Å². The van der Waals surface area contributed by atoms with Crippen LogP contribution >= 0.6 is 0 Å². The highest BCUT2D eigenvalue weighted by atomic mass is 16.7. The van der Waals surface area contributed by atoms with Crippen LogP contribution in [0.5, 0.6) is 0 Å². The maximum atomic E-state index is 5.90.